The van der Waals surface area contributed by atoms with Gasteiger partial charge in [0.1, 0.15) is 5.82 Å². The lowest BCUT2D eigenvalue weighted by Crippen LogP contribution is -2.00. The molecule has 0 spiro atoms. The second kappa shape index (κ2) is 7.88. The number of nitrogens with zero attached hydrogens (tertiary/aromatic N) is 6. The van der Waals surface area contributed by atoms with Crippen molar-refractivity contribution in [2.24, 2.45) is 14.1 Å². The first-order valence-corrected chi connectivity index (χ1v) is 9.72. The normalized spacial score (nSPS) is 11.0. The van der Waals surface area contributed by atoms with Crippen LogP contribution in [0.2, 0.25) is 0 Å². The maximum absolute atomic E-state index is 4.58. The van der Waals surface area contributed by atoms with Gasteiger partial charge in [-0.25, -0.2) is 4.98 Å². The zero-order valence-corrected chi connectivity index (χ0v) is 18.5. The van der Waals surface area contributed by atoms with Gasteiger partial charge >= 0.3 is 0 Å². The van der Waals surface area contributed by atoms with Gasteiger partial charge in [0.15, 0.2) is 0 Å². The van der Waals surface area contributed by atoms with Crippen LogP contribution in [0.1, 0.15) is 11.4 Å². The third-order valence-electron chi connectivity index (χ3n) is 5.45. The number of hydrogen-bond donors (Lipinski definition) is 2. The fourth-order valence-corrected chi connectivity index (χ4v) is 3.58. The van der Waals surface area contributed by atoms with Gasteiger partial charge in [0.2, 0.25) is 5.95 Å². The molecule has 5 rings (SSSR count). The van der Waals surface area contributed by atoms with E-state index in [0.29, 0.717) is 11.8 Å². The van der Waals surface area contributed by atoms with Crippen molar-refractivity contribution in [3.05, 3.63) is 60.0 Å². The van der Waals surface area contributed by atoms with E-state index < -0.39 is 0 Å². The summed E-state index contributed by atoms with van der Waals surface area (Å²) in [5.74, 6) is 1.22. The Morgan fingerprint density at radius 2 is 1.29 bits per heavy atom. The first-order valence-electron chi connectivity index (χ1n) is 9.72. The molecular formula is C22H23ClN8. The molecule has 0 bridgehead atoms. The average Bonchev–Trinajstić information content (AvgIpc) is 3.17. The van der Waals surface area contributed by atoms with Crippen LogP contribution in [0.4, 0.5) is 23.1 Å². The van der Waals surface area contributed by atoms with Gasteiger partial charge in [0.05, 0.1) is 11.0 Å². The Balaban J connectivity index is 0.00000231. The Morgan fingerprint density at radius 1 is 0.742 bits per heavy atom. The van der Waals surface area contributed by atoms with E-state index in [9.17, 15) is 0 Å². The molecule has 31 heavy (non-hydrogen) atoms. The zero-order valence-electron chi connectivity index (χ0n) is 17.7. The number of benzene rings is 2. The lowest BCUT2D eigenvalue weighted by atomic mass is 10.2. The molecule has 8 nitrogen and oxygen atoms in total. The second-order valence-electron chi connectivity index (χ2n) is 7.40. The molecule has 3 aromatic heterocycles. The number of halogens is 1. The number of rotatable bonds is 4. The van der Waals surface area contributed by atoms with Gasteiger partial charge in [-0.2, -0.15) is 15.2 Å². The van der Waals surface area contributed by atoms with E-state index in [4.69, 9.17) is 0 Å². The van der Waals surface area contributed by atoms with Crippen LogP contribution < -0.4 is 10.6 Å². The van der Waals surface area contributed by atoms with Crippen molar-refractivity contribution in [1.82, 2.24) is 29.5 Å². The molecule has 5 aromatic rings. The standard InChI is InChI=1S/C22H22N8.ClH/c1-13-17-7-5-15(11-19(17)27-29(13)3)24-21-9-10-23-22(26-21)25-16-6-8-18-14(2)30(4)28-20(18)12-16;/h5-12H,1-4H3,(H2,23,24,25,26);1H. The van der Waals surface area contributed by atoms with Crippen LogP contribution in [0.15, 0.2) is 48.7 Å². The molecule has 0 amide bonds. The third kappa shape index (κ3) is 3.77. The quantitative estimate of drug-likeness (QED) is 0.423. The minimum atomic E-state index is 0. The van der Waals surface area contributed by atoms with Gasteiger partial charge in [-0.3, -0.25) is 9.36 Å². The van der Waals surface area contributed by atoms with Gasteiger partial charge in [-0.15, -0.1) is 12.4 Å². The largest absolute Gasteiger partial charge is 0.340 e. The summed E-state index contributed by atoms with van der Waals surface area (Å²) in [5, 5.41) is 18.0. The van der Waals surface area contributed by atoms with Crippen LogP contribution in [0.5, 0.6) is 0 Å². The van der Waals surface area contributed by atoms with E-state index >= 15 is 0 Å². The minimum absolute atomic E-state index is 0. The summed E-state index contributed by atoms with van der Waals surface area (Å²) in [6.45, 7) is 4.12. The summed E-state index contributed by atoms with van der Waals surface area (Å²) in [6, 6.07) is 14.0. The Bertz CT molecular complexity index is 1300. The number of aryl methyl sites for hydroxylation is 4. The number of nitrogens with one attached hydrogen (secondary N) is 2. The smallest absolute Gasteiger partial charge is 0.229 e. The Morgan fingerprint density at radius 3 is 1.87 bits per heavy atom. The zero-order chi connectivity index (χ0) is 20.8. The predicted octanol–water partition coefficient (Wildman–Crippen LogP) is 4.78. The van der Waals surface area contributed by atoms with Crippen LogP contribution in [0.25, 0.3) is 21.8 Å². The number of hydrogen-bond acceptors (Lipinski definition) is 6. The highest BCUT2D eigenvalue weighted by atomic mass is 35.5. The number of aromatic nitrogens is 6. The highest BCUT2D eigenvalue weighted by Crippen LogP contribution is 2.25. The van der Waals surface area contributed by atoms with Crippen LogP contribution >= 0.6 is 12.4 Å². The molecular weight excluding hydrogens is 412 g/mol. The highest BCUT2D eigenvalue weighted by molar-refractivity contribution is 5.86. The summed E-state index contributed by atoms with van der Waals surface area (Å²) in [5.41, 5.74) is 5.99. The van der Waals surface area contributed by atoms with Crippen LogP contribution in [0.3, 0.4) is 0 Å². The number of fused-ring (bicyclic) bond motifs is 2. The summed E-state index contributed by atoms with van der Waals surface area (Å²) >= 11 is 0. The van der Waals surface area contributed by atoms with Gasteiger partial charge < -0.3 is 10.6 Å². The Kier molecular flexibility index (Phi) is 5.24. The minimum Gasteiger partial charge on any atom is -0.340 e. The Labute approximate surface area is 185 Å². The topological polar surface area (TPSA) is 85.5 Å². The molecule has 158 valence electrons. The van der Waals surface area contributed by atoms with Crippen molar-refractivity contribution in [3.63, 3.8) is 0 Å². The summed E-state index contributed by atoms with van der Waals surface area (Å²) in [6.07, 6.45) is 1.73. The van der Waals surface area contributed by atoms with Crippen LogP contribution in [-0.2, 0) is 14.1 Å². The molecule has 9 heteroatoms. The maximum Gasteiger partial charge on any atom is 0.229 e. The molecule has 0 fully saturated rings. The van der Waals surface area contributed by atoms with Crippen molar-refractivity contribution >= 4 is 57.4 Å². The van der Waals surface area contributed by atoms with Gasteiger partial charge in [-0.05, 0) is 56.3 Å². The summed E-state index contributed by atoms with van der Waals surface area (Å²) in [4.78, 5) is 8.92. The number of anilines is 4. The summed E-state index contributed by atoms with van der Waals surface area (Å²) in [7, 11) is 3.90. The molecule has 0 atom stereocenters. The monoisotopic (exact) mass is 434 g/mol. The fraction of sp³-hybridized carbons (Fsp3) is 0.182. The third-order valence-corrected chi connectivity index (χ3v) is 5.45. The van der Waals surface area contributed by atoms with Crippen LogP contribution in [-0.4, -0.2) is 29.5 Å². The van der Waals surface area contributed by atoms with E-state index in [2.05, 4.69) is 56.8 Å². The SMILES string of the molecule is Cc1c2ccc(Nc3ccnc(Nc4ccc5c(C)n(C)nc5c4)n3)cc2nn1C.Cl. The Hall–Kier alpha value is -3.65. The van der Waals surface area contributed by atoms with E-state index in [0.717, 1.165) is 44.6 Å². The molecule has 0 unspecified atom stereocenters. The van der Waals surface area contributed by atoms with E-state index in [-0.39, 0.29) is 12.4 Å². The first kappa shape index (κ1) is 20.6. The van der Waals surface area contributed by atoms with Crippen molar-refractivity contribution in [2.75, 3.05) is 10.6 Å². The van der Waals surface area contributed by atoms with Gasteiger partial charge in [0.25, 0.3) is 0 Å². The van der Waals surface area contributed by atoms with Crippen molar-refractivity contribution < 1.29 is 0 Å². The molecule has 0 radical (unpaired) electrons. The van der Waals surface area contributed by atoms with E-state index in [1.54, 1.807) is 6.20 Å². The molecule has 3 heterocycles. The molecule has 2 aromatic carbocycles. The lowest BCUT2D eigenvalue weighted by molar-refractivity contribution is 0.751. The first-order chi connectivity index (χ1) is 14.5. The van der Waals surface area contributed by atoms with E-state index in [1.165, 1.54) is 0 Å². The van der Waals surface area contributed by atoms with Crippen molar-refractivity contribution in [2.45, 2.75) is 13.8 Å². The predicted molar refractivity (Wildman–Crippen MR) is 127 cm³/mol. The molecule has 0 aliphatic heterocycles. The fourth-order valence-electron chi connectivity index (χ4n) is 3.58. The highest BCUT2D eigenvalue weighted by Gasteiger charge is 2.08. The maximum atomic E-state index is 4.58. The lowest BCUT2D eigenvalue weighted by Gasteiger charge is -2.08. The van der Waals surface area contributed by atoms with E-state index in [1.807, 2.05) is 53.8 Å². The summed E-state index contributed by atoms with van der Waals surface area (Å²) < 4.78 is 3.77. The molecule has 0 aliphatic rings. The molecule has 0 saturated carbocycles. The molecule has 0 saturated heterocycles. The van der Waals surface area contributed by atoms with Crippen molar-refractivity contribution in [3.8, 4) is 0 Å². The van der Waals surface area contributed by atoms with Crippen molar-refractivity contribution in [1.29, 1.82) is 0 Å². The molecule has 2 N–H and O–H groups in total. The molecule has 0 aliphatic carbocycles. The second-order valence-corrected chi connectivity index (χ2v) is 7.40. The van der Waals surface area contributed by atoms with Gasteiger partial charge in [-0.1, -0.05) is 0 Å². The van der Waals surface area contributed by atoms with Crippen LogP contribution in [0, 0.1) is 13.8 Å². The average molecular weight is 435 g/mol. The van der Waals surface area contributed by atoms with Gasteiger partial charge in [0, 0.05) is 53.8 Å².